The van der Waals surface area contributed by atoms with Gasteiger partial charge in [-0.25, -0.2) is 14.5 Å². The van der Waals surface area contributed by atoms with Gasteiger partial charge in [0.2, 0.25) is 0 Å². The van der Waals surface area contributed by atoms with Crippen molar-refractivity contribution < 1.29 is 33.0 Å². The molecule has 4 N–H and O–H groups in total. The van der Waals surface area contributed by atoms with E-state index in [2.05, 4.69) is 15.1 Å². The number of nitrogens with one attached hydrogen (secondary N) is 1. The lowest BCUT2D eigenvalue weighted by Gasteiger charge is -2.31. The van der Waals surface area contributed by atoms with Crippen LogP contribution in [0.1, 0.15) is 47.4 Å². The van der Waals surface area contributed by atoms with Crippen molar-refractivity contribution in [2.45, 2.75) is 65.5 Å². The molecule has 3 aromatic carbocycles. The van der Waals surface area contributed by atoms with E-state index in [1.54, 1.807) is 37.5 Å². The number of ether oxygens (including phenoxy) is 2. The van der Waals surface area contributed by atoms with Crippen molar-refractivity contribution in [1.82, 2.24) is 19.6 Å². The average Bonchev–Trinajstić information content (AvgIpc) is 3.40. The largest absolute Gasteiger partial charge is 0.459 e. The van der Waals surface area contributed by atoms with E-state index in [4.69, 9.17) is 24.3 Å². The maximum absolute atomic E-state index is 14.6. The molecule has 2 heterocycles. The van der Waals surface area contributed by atoms with Crippen LogP contribution < -0.4 is 15.3 Å². The molecule has 0 saturated carbocycles. The number of anilines is 1. The zero-order chi connectivity index (χ0) is 33.3. The fourth-order valence-electron chi connectivity index (χ4n) is 5.10. The second-order valence-electron chi connectivity index (χ2n) is 12.2. The fraction of sp³-hybridized carbons (Fsp3) is 0.364. The molecule has 0 bridgehead atoms. The molecule has 1 unspecified atom stereocenters. The fourth-order valence-corrected chi connectivity index (χ4v) is 6.70. The Balaban J connectivity index is 1.55. The number of nitrogen functional groups attached to an aromatic ring is 1. The number of pyridine rings is 1. The summed E-state index contributed by atoms with van der Waals surface area (Å²) in [7, 11) is -4.39. The van der Waals surface area contributed by atoms with Gasteiger partial charge in [-0.3, -0.25) is 13.9 Å². The number of fused-ring (bicyclic) bond motifs is 4. The van der Waals surface area contributed by atoms with E-state index in [1.165, 1.54) is 13.8 Å². The van der Waals surface area contributed by atoms with E-state index < -0.39 is 37.7 Å². The van der Waals surface area contributed by atoms with Gasteiger partial charge < -0.3 is 24.8 Å². The second-order valence-corrected chi connectivity index (χ2v) is 13.8. The van der Waals surface area contributed by atoms with E-state index >= 15 is 0 Å². The summed E-state index contributed by atoms with van der Waals surface area (Å²) in [6, 6.07) is 19.0. The van der Waals surface area contributed by atoms with Crippen LogP contribution in [0.25, 0.3) is 32.7 Å². The highest BCUT2D eigenvalue weighted by Crippen LogP contribution is 2.48. The summed E-state index contributed by atoms with van der Waals surface area (Å²) in [5.74, 6) is 0.147. The summed E-state index contributed by atoms with van der Waals surface area (Å²) >= 11 is 0. The van der Waals surface area contributed by atoms with Gasteiger partial charge in [-0.1, -0.05) is 54.6 Å². The molecule has 244 valence electrons. The van der Waals surface area contributed by atoms with Crippen molar-refractivity contribution >= 4 is 52.2 Å². The summed E-state index contributed by atoms with van der Waals surface area (Å²) in [6.45, 7) is 9.94. The number of nitrogens with zero attached hydrogens (tertiary/aromatic N) is 3. The molecule has 0 saturated heterocycles. The molecule has 0 radical (unpaired) electrons. The summed E-state index contributed by atoms with van der Waals surface area (Å²) in [5, 5.41) is 17.0. The lowest BCUT2D eigenvalue weighted by Crippen LogP contribution is -2.41. The molecule has 13 heteroatoms. The molecule has 0 aliphatic rings. The number of rotatable bonds is 12. The lowest BCUT2D eigenvalue weighted by atomic mass is 10.1. The Labute approximate surface area is 267 Å². The second kappa shape index (κ2) is 13.0. The van der Waals surface area contributed by atoms with Crippen LogP contribution in [0.15, 0.2) is 66.7 Å². The molecular formula is C33H40N5O7P. The smallest absolute Gasteiger partial charge is 0.459 e. The number of imidazole rings is 1. The summed E-state index contributed by atoms with van der Waals surface area (Å²) in [6.07, 6.45) is 0. The number of para-hydroxylation sites is 1. The van der Waals surface area contributed by atoms with E-state index in [9.17, 15) is 14.5 Å². The first kappa shape index (κ1) is 33.3. The summed E-state index contributed by atoms with van der Waals surface area (Å²) in [5.41, 5.74) is 5.15. The highest BCUT2D eigenvalue weighted by Gasteiger charge is 2.38. The highest BCUT2D eigenvalue weighted by atomic mass is 31.2. The molecule has 5 aromatic rings. The van der Waals surface area contributed by atoms with Gasteiger partial charge in [-0.2, -0.15) is 5.09 Å². The highest BCUT2D eigenvalue weighted by molar-refractivity contribution is 7.52. The van der Waals surface area contributed by atoms with Gasteiger partial charge in [0.25, 0.3) is 0 Å². The first-order valence-electron chi connectivity index (χ1n) is 15.0. The van der Waals surface area contributed by atoms with Crippen LogP contribution in [0.3, 0.4) is 0 Å². The Kier molecular flexibility index (Phi) is 9.40. The van der Waals surface area contributed by atoms with Crippen LogP contribution in [0.4, 0.5) is 5.82 Å². The predicted octanol–water partition coefficient (Wildman–Crippen LogP) is 6.04. The van der Waals surface area contributed by atoms with Gasteiger partial charge in [-0.15, -0.1) is 0 Å². The maximum Gasteiger partial charge on any atom is 0.459 e. The number of benzene rings is 3. The predicted molar refractivity (Wildman–Crippen MR) is 177 cm³/mol. The zero-order valence-corrected chi connectivity index (χ0v) is 27.7. The quantitative estimate of drug-likeness (QED) is 0.107. The minimum absolute atomic E-state index is 0.0488. The Morgan fingerprint density at radius 2 is 1.70 bits per heavy atom. The standard InChI is InChI=1S/C33H40N5O7P/c1-7-42-19-27-36-28-29(24-16-10-11-17-25(24)35-30(28)34)38(27)33(6,40)20-43-46(41,37-21(2)31(39)44-32(3,4)5)45-26-18-12-14-22-13-8-9-15-23(22)26/h8-18,21,40H,7,19-20H2,1-6H3,(H2,34,35)(H,37,41)/t21-,33-,46?/m0/s1. The van der Waals surface area contributed by atoms with E-state index in [0.29, 0.717) is 39.8 Å². The van der Waals surface area contributed by atoms with Crippen molar-refractivity contribution in [3.05, 3.63) is 72.6 Å². The van der Waals surface area contributed by atoms with Crippen molar-refractivity contribution in [2.75, 3.05) is 18.9 Å². The van der Waals surface area contributed by atoms with Crippen LogP contribution in [-0.2, 0) is 35.7 Å². The minimum atomic E-state index is -4.39. The van der Waals surface area contributed by atoms with Crippen LogP contribution >= 0.6 is 7.75 Å². The third-order valence-electron chi connectivity index (χ3n) is 7.09. The monoisotopic (exact) mass is 649 g/mol. The van der Waals surface area contributed by atoms with Crippen molar-refractivity contribution in [3.63, 3.8) is 0 Å². The number of hydrogen-bond donors (Lipinski definition) is 3. The number of carbonyl (C=O) groups excluding carboxylic acids is 1. The number of nitrogens with two attached hydrogens (primary N) is 1. The van der Waals surface area contributed by atoms with Gasteiger partial charge in [0.15, 0.2) is 11.5 Å². The number of esters is 1. The van der Waals surface area contributed by atoms with Gasteiger partial charge in [0.05, 0.1) is 11.0 Å². The number of aromatic nitrogens is 3. The Hall–Kier alpha value is -4.06. The lowest BCUT2D eigenvalue weighted by molar-refractivity contribution is -0.156. The van der Waals surface area contributed by atoms with E-state index in [0.717, 1.165) is 5.39 Å². The van der Waals surface area contributed by atoms with E-state index in [1.807, 2.05) is 61.5 Å². The van der Waals surface area contributed by atoms with Crippen molar-refractivity contribution in [1.29, 1.82) is 0 Å². The number of hydrogen-bond acceptors (Lipinski definition) is 10. The molecule has 5 rings (SSSR count). The number of aliphatic hydroxyl groups is 1. The van der Waals surface area contributed by atoms with Gasteiger partial charge >= 0.3 is 13.7 Å². The summed E-state index contributed by atoms with van der Waals surface area (Å²) < 4.78 is 39.4. The summed E-state index contributed by atoms with van der Waals surface area (Å²) in [4.78, 5) is 22.1. The molecule has 0 aliphatic heterocycles. The molecule has 46 heavy (non-hydrogen) atoms. The van der Waals surface area contributed by atoms with Gasteiger partial charge in [-0.05, 0) is 59.1 Å². The third-order valence-corrected chi connectivity index (χ3v) is 8.70. The number of carbonyl (C=O) groups is 1. The van der Waals surface area contributed by atoms with Gasteiger partial charge in [0, 0.05) is 17.4 Å². The molecule has 12 nitrogen and oxygen atoms in total. The average molecular weight is 650 g/mol. The molecule has 3 atom stereocenters. The topological polar surface area (TPSA) is 160 Å². The Morgan fingerprint density at radius 1 is 1.02 bits per heavy atom. The Bertz CT molecular complexity index is 1930. The first-order chi connectivity index (χ1) is 21.7. The third kappa shape index (κ3) is 7.16. The molecule has 0 spiro atoms. The molecule has 0 amide bonds. The van der Waals surface area contributed by atoms with E-state index in [-0.39, 0.29) is 18.2 Å². The molecule has 2 aromatic heterocycles. The zero-order valence-electron chi connectivity index (χ0n) is 26.8. The SMILES string of the molecule is CCOCc1nc2c(N)nc3ccccc3c2n1[C@@](C)(O)COP(=O)(N[C@@H](C)C(=O)OC(C)(C)C)Oc1cccc2ccccc12. The Morgan fingerprint density at radius 3 is 2.41 bits per heavy atom. The molecular weight excluding hydrogens is 609 g/mol. The molecule has 0 fully saturated rings. The molecule has 0 aliphatic carbocycles. The van der Waals surface area contributed by atoms with Crippen molar-refractivity contribution in [3.8, 4) is 5.75 Å². The minimum Gasteiger partial charge on any atom is -0.459 e. The van der Waals surface area contributed by atoms with Crippen LogP contribution in [0, 0.1) is 0 Å². The van der Waals surface area contributed by atoms with Crippen LogP contribution in [0.2, 0.25) is 0 Å². The first-order valence-corrected chi connectivity index (χ1v) is 16.5. The van der Waals surface area contributed by atoms with Crippen LogP contribution in [-0.4, -0.2) is 50.5 Å². The van der Waals surface area contributed by atoms with Gasteiger partial charge in [0.1, 0.15) is 41.9 Å². The van der Waals surface area contributed by atoms with Crippen LogP contribution in [0.5, 0.6) is 5.75 Å². The normalized spacial score (nSPS) is 15.5. The van der Waals surface area contributed by atoms with Crippen molar-refractivity contribution in [2.24, 2.45) is 0 Å². The maximum atomic E-state index is 14.6.